The highest BCUT2D eigenvalue weighted by Crippen LogP contribution is 2.34. The van der Waals surface area contributed by atoms with Crippen molar-refractivity contribution in [3.05, 3.63) is 62.8 Å². The number of nitrogens with one attached hydrogen (secondary N) is 3. The minimum absolute atomic E-state index is 0.128. The zero-order valence-electron chi connectivity index (χ0n) is 21.4. The van der Waals surface area contributed by atoms with Crippen LogP contribution in [0.1, 0.15) is 67.0 Å². The highest BCUT2D eigenvalue weighted by molar-refractivity contribution is 6.06. The Balaban J connectivity index is 1.76. The second-order valence-electron chi connectivity index (χ2n) is 10.7. The molecule has 35 heavy (non-hydrogen) atoms. The third kappa shape index (κ3) is 5.21. The molecule has 0 aliphatic carbocycles. The minimum atomic E-state index is -0.279. The Morgan fingerprint density at radius 1 is 1.23 bits per heavy atom. The monoisotopic (exact) mass is 477 g/mol. The summed E-state index contributed by atoms with van der Waals surface area (Å²) in [6.45, 7) is 13.3. The van der Waals surface area contributed by atoms with Gasteiger partial charge in [-0.2, -0.15) is 5.10 Å². The summed E-state index contributed by atoms with van der Waals surface area (Å²) in [6, 6.07) is 3.73. The summed E-state index contributed by atoms with van der Waals surface area (Å²) in [6.07, 6.45) is 4.59. The molecule has 3 aromatic rings. The van der Waals surface area contributed by atoms with Crippen molar-refractivity contribution in [3.8, 4) is 0 Å². The number of H-pyrrole nitrogens is 1. The number of amides is 1. The van der Waals surface area contributed by atoms with Gasteiger partial charge >= 0.3 is 0 Å². The van der Waals surface area contributed by atoms with Crippen molar-refractivity contribution in [2.24, 2.45) is 5.73 Å². The summed E-state index contributed by atoms with van der Waals surface area (Å²) in [5.41, 5.74) is 10.3. The fourth-order valence-corrected chi connectivity index (χ4v) is 5.13. The zero-order valence-corrected chi connectivity index (χ0v) is 21.4. The van der Waals surface area contributed by atoms with E-state index in [1.165, 1.54) is 0 Å². The summed E-state index contributed by atoms with van der Waals surface area (Å²) in [5, 5.41) is 11.7. The Hall–Kier alpha value is -3.30. The van der Waals surface area contributed by atoms with Crippen molar-refractivity contribution in [3.63, 3.8) is 0 Å². The van der Waals surface area contributed by atoms with Gasteiger partial charge in [0, 0.05) is 35.4 Å². The summed E-state index contributed by atoms with van der Waals surface area (Å²) in [5.74, 6) is -0.279. The Labute approximate surface area is 205 Å². The third-order valence-electron chi connectivity index (χ3n) is 6.27. The van der Waals surface area contributed by atoms with Gasteiger partial charge in [-0.3, -0.25) is 9.59 Å². The molecule has 1 amide bonds. The molecule has 1 aliphatic rings. The molecule has 5 N–H and O–H groups in total. The van der Waals surface area contributed by atoms with E-state index in [2.05, 4.69) is 54.5 Å². The Kier molecular flexibility index (Phi) is 6.42. The van der Waals surface area contributed by atoms with Crippen LogP contribution in [0, 0.1) is 13.8 Å². The Bertz CT molecular complexity index is 1380. The number of carbonyl (C=O) groups is 1. The number of fused-ring (bicyclic) bond motifs is 1. The van der Waals surface area contributed by atoms with Crippen LogP contribution < -0.4 is 21.9 Å². The third-order valence-corrected chi connectivity index (χ3v) is 6.27. The average molecular weight is 478 g/mol. The largest absolute Gasteiger partial charge is 0.348 e. The first-order valence-electron chi connectivity index (χ1n) is 11.9. The van der Waals surface area contributed by atoms with E-state index in [1.54, 1.807) is 10.9 Å². The molecule has 0 atom stereocenters. The van der Waals surface area contributed by atoms with Crippen molar-refractivity contribution < 1.29 is 4.79 Å². The predicted molar refractivity (Wildman–Crippen MR) is 138 cm³/mol. The molecule has 0 saturated heterocycles. The number of aromatic nitrogens is 4. The molecule has 0 radical (unpaired) electrons. The van der Waals surface area contributed by atoms with Crippen LogP contribution in [0.25, 0.3) is 16.6 Å². The van der Waals surface area contributed by atoms with Gasteiger partial charge in [-0.05, 0) is 71.2 Å². The molecule has 0 unspecified atom stereocenters. The molecule has 9 nitrogen and oxygen atoms in total. The van der Waals surface area contributed by atoms with Gasteiger partial charge < -0.3 is 21.4 Å². The molecule has 0 saturated carbocycles. The first-order chi connectivity index (χ1) is 16.4. The van der Waals surface area contributed by atoms with Gasteiger partial charge in [0.1, 0.15) is 0 Å². The van der Waals surface area contributed by atoms with Gasteiger partial charge in [-0.1, -0.05) is 6.08 Å². The topological polar surface area (TPSA) is 131 Å². The van der Waals surface area contributed by atoms with Gasteiger partial charge in [0.05, 0.1) is 29.4 Å². The number of carbonyl (C=O) groups excluding carboxylic acids is 1. The SMILES string of the molecule is Cc1cc(C)c(CNC(=O)c2cc(C3=CC(C)(C)NC(C)(C)C3)nc3c2cnn3CCN)c(=O)[nH]1. The highest BCUT2D eigenvalue weighted by Gasteiger charge is 2.33. The lowest BCUT2D eigenvalue weighted by Gasteiger charge is -2.41. The van der Waals surface area contributed by atoms with Gasteiger partial charge in [-0.15, -0.1) is 0 Å². The lowest BCUT2D eigenvalue weighted by atomic mass is 9.82. The van der Waals surface area contributed by atoms with Crippen molar-refractivity contribution >= 4 is 22.5 Å². The fourth-order valence-electron chi connectivity index (χ4n) is 5.13. The van der Waals surface area contributed by atoms with Gasteiger partial charge in [0.15, 0.2) is 5.65 Å². The van der Waals surface area contributed by atoms with E-state index in [4.69, 9.17) is 10.7 Å². The maximum Gasteiger partial charge on any atom is 0.253 e. The van der Waals surface area contributed by atoms with Gasteiger partial charge in [-0.25, -0.2) is 9.67 Å². The van der Waals surface area contributed by atoms with E-state index in [0.717, 1.165) is 28.9 Å². The van der Waals surface area contributed by atoms with E-state index in [9.17, 15) is 9.59 Å². The van der Waals surface area contributed by atoms with Gasteiger partial charge in [0.2, 0.25) is 0 Å². The summed E-state index contributed by atoms with van der Waals surface area (Å²) < 4.78 is 1.74. The van der Waals surface area contributed by atoms with Crippen molar-refractivity contribution in [1.29, 1.82) is 0 Å². The number of hydrogen-bond donors (Lipinski definition) is 4. The highest BCUT2D eigenvalue weighted by atomic mass is 16.1. The molecule has 0 bridgehead atoms. The number of pyridine rings is 2. The second kappa shape index (κ2) is 9.05. The second-order valence-corrected chi connectivity index (χ2v) is 10.7. The Morgan fingerprint density at radius 2 is 1.97 bits per heavy atom. The summed E-state index contributed by atoms with van der Waals surface area (Å²) in [7, 11) is 0. The van der Waals surface area contributed by atoms with E-state index in [0.29, 0.717) is 35.2 Å². The fraction of sp³-hybridized carbons (Fsp3) is 0.462. The number of hydrogen-bond acceptors (Lipinski definition) is 6. The van der Waals surface area contributed by atoms with Crippen LogP contribution in [-0.2, 0) is 13.1 Å². The molecule has 4 heterocycles. The van der Waals surface area contributed by atoms with Gasteiger partial charge in [0.25, 0.3) is 11.5 Å². The standard InChI is InChI=1S/C26H35N7O2/c1-15-9-16(2)30-24(35)19(15)13-28-23(34)18-10-21(17-11-25(3,4)32-26(5,6)12-17)31-22-20(18)14-29-33(22)8-7-27/h9-11,14,32H,7-8,12-13,27H2,1-6H3,(H,28,34)(H,30,35). The van der Waals surface area contributed by atoms with Crippen LogP contribution in [0.4, 0.5) is 0 Å². The number of nitrogens with zero attached hydrogens (tertiary/aromatic N) is 3. The smallest absolute Gasteiger partial charge is 0.253 e. The van der Waals surface area contributed by atoms with E-state index in [1.807, 2.05) is 26.0 Å². The number of rotatable bonds is 6. The summed E-state index contributed by atoms with van der Waals surface area (Å²) in [4.78, 5) is 33.6. The molecule has 4 rings (SSSR count). The molecule has 186 valence electrons. The van der Waals surface area contributed by atoms with Crippen LogP contribution in [0.3, 0.4) is 0 Å². The van der Waals surface area contributed by atoms with Crippen LogP contribution in [0.2, 0.25) is 0 Å². The first kappa shape index (κ1) is 24.8. The normalized spacial score (nSPS) is 16.8. The molecular formula is C26H35N7O2. The number of aromatic amines is 1. The molecular weight excluding hydrogens is 442 g/mol. The van der Waals surface area contributed by atoms with Crippen molar-refractivity contribution in [2.75, 3.05) is 6.54 Å². The van der Waals surface area contributed by atoms with Crippen molar-refractivity contribution in [2.45, 2.75) is 72.1 Å². The maximum atomic E-state index is 13.4. The number of nitrogens with two attached hydrogens (primary N) is 1. The van der Waals surface area contributed by atoms with Crippen LogP contribution in [0.5, 0.6) is 0 Å². The van der Waals surface area contributed by atoms with Crippen LogP contribution >= 0.6 is 0 Å². The first-order valence-corrected chi connectivity index (χ1v) is 11.9. The molecule has 1 aliphatic heterocycles. The lowest BCUT2D eigenvalue weighted by molar-refractivity contribution is 0.0952. The number of aryl methyl sites for hydroxylation is 2. The molecule has 9 heteroatoms. The Morgan fingerprint density at radius 3 is 2.63 bits per heavy atom. The molecule has 0 fully saturated rings. The van der Waals surface area contributed by atoms with E-state index >= 15 is 0 Å². The van der Waals surface area contributed by atoms with E-state index in [-0.39, 0.29) is 29.1 Å². The molecule has 3 aromatic heterocycles. The summed E-state index contributed by atoms with van der Waals surface area (Å²) >= 11 is 0. The van der Waals surface area contributed by atoms with Crippen LogP contribution in [0.15, 0.2) is 29.2 Å². The zero-order chi connectivity index (χ0) is 25.5. The maximum absolute atomic E-state index is 13.4. The average Bonchev–Trinajstić information content (AvgIpc) is 3.13. The quantitative estimate of drug-likeness (QED) is 0.432. The molecule has 0 aromatic carbocycles. The minimum Gasteiger partial charge on any atom is -0.348 e. The predicted octanol–water partition coefficient (Wildman–Crippen LogP) is 2.56. The van der Waals surface area contributed by atoms with Crippen molar-refractivity contribution in [1.82, 2.24) is 30.4 Å². The van der Waals surface area contributed by atoms with Crippen LogP contribution in [-0.4, -0.2) is 43.3 Å². The van der Waals surface area contributed by atoms with E-state index < -0.39 is 0 Å². The lowest BCUT2D eigenvalue weighted by Crippen LogP contribution is -2.53. The molecule has 0 spiro atoms.